The highest BCUT2D eigenvalue weighted by Gasteiger charge is 2.22. The van der Waals surface area contributed by atoms with Gasteiger partial charge in [-0.15, -0.1) is 0 Å². The Hall–Kier alpha value is -1.62. The fourth-order valence-electron chi connectivity index (χ4n) is 2.74. The van der Waals surface area contributed by atoms with Gasteiger partial charge in [0, 0.05) is 16.6 Å². The molecular weight excluding hydrogens is 358 g/mol. The van der Waals surface area contributed by atoms with Crippen LogP contribution in [0.25, 0.3) is 6.08 Å². The van der Waals surface area contributed by atoms with Gasteiger partial charge in [-0.1, -0.05) is 47.8 Å². The van der Waals surface area contributed by atoms with Gasteiger partial charge in [0.25, 0.3) is 5.91 Å². The standard InChI is InChI=1S/C18H22BrNO3/c1-13-5-2-3-8-16(13)20-17(21)12-23-18(22)10-9-14-6-4-7-15(19)11-14/h4,6-7,9-11,13,16H,2-3,5,8,12H2,1H3,(H,20,21)/b10-9+. The van der Waals surface area contributed by atoms with E-state index in [9.17, 15) is 9.59 Å². The van der Waals surface area contributed by atoms with Crippen molar-refractivity contribution in [2.75, 3.05) is 6.61 Å². The van der Waals surface area contributed by atoms with Crippen LogP contribution in [-0.2, 0) is 14.3 Å². The average Bonchev–Trinajstić information content (AvgIpc) is 2.53. The number of nitrogens with one attached hydrogen (secondary N) is 1. The van der Waals surface area contributed by atoms with E-state index in [1.165, 1.54) is 12.5 Å². The van der Waals surface area contributed by atoms with E-state index in [0.29, 0.717) is 5.92 Å². The van der Waals surface area contributed by atoms with Crippen molar-refractivity contribution in [3.05, 3.63) is 40.4 Å². The Labute approximate surface area is 145 Å². The molecule has 124 valence electrons. The first-order valence-electron chi connectivity index (χ1n) is 7.94. The van der Waals surface area contributed by atoms with Crippen LogP contribution >= 0.6 is 15.9 Å². The predicted molar refractivity (Wildman–Crippen MR) is 93.7 cm³/mol. The maximum Gasteiger partial charge on any atom is 0.331 e. The summed E-state index contributed by atoms with van der Waals surface area (Å²) in [6.45, 7) is 1.92. The molecule has 1 aliphatic carbocycles. The van der Waals surface area contributed by atoms with E-state index in [0.717, 1.165) is 29.3 Å². The summed E-state index contributed by atoms with van der Waals surface area (Å²) in [5, 5.41) is 2.96. The lowest BCUT2D eigenvalue weighted by Crippen LogP contribution is -2.42. The van der Waals surface area contributed by atoms with Crippen molar-refractivity contribution in [2.45, 2.75) is 38.6 Å². The number of halogens is 1. The molecule has 0 spiro atoms. The third kappa shape index (κ3) is 6.18. The van der Waals surface area contributed by atoms with Crippen molar-refractivity contribution >= 4 is 33.9 Å². The van der Waals surface area contributed by atoms with E-state index < -0.39 is 5.97 Å². The number of ether oxygens (including phenoxy) is 1. The van der Waals surface area contributed by atoms with Gasteiger partial charge in [0.2, 0.25) is 0 Å². The molecule has 1 N–H and O–H groups in total. The minimum Gasteiger partial charge on any atom is -0.452 e. The van der Waals surface area contributed by atoms with E-state index in [4.69, 9.17) is 4.74 Å². The average molecular weight is 380 g/mol. The number of hydrogen-bond donors (Lipinski definition) is 1. The van der Waals surface area contributed by atoms with Gasteiger partial charge in [0.15, 0.2) is 6.61 Å². The summed E-state index contributed by atoms with van der Waals surface area (Å²) in [7, 11) is 0. The molecule has 0 saturated heterocycles. The van der Waals surface area contributed by atoms with Crippen LogP contribution in [0, 0.1) is 5.92 Å². The van der Waals surface area contributed by atoms with Gasteiger partial charge in [0.05, 0.1) is 0 Å². The monoisotopic (exact) mass is 379 g/mol. The summed E-state index contributed by atoms with van der Waals surface area (Å²) in [5.74, 6) is -0.260. The first-order valence-corrected chi connectivity index (χ1v) is 8.73. The normalized spacial score (nSPS) is 21.1. The molecule has 1 saturated carbocycles. The van der Waals surface area contributed by atoms with Crippen molar-refractivity contribution in [1.29, 1.82) is 0 Å². The second-order valence-electron chi connectivity index (χ2n) is 5.93. The number of carbonyl (C=O) groups is 2. The molecule has 1 aromatic rings. The Balaban J connectivity index is 1.74. The Kier molecular flexibility index (Phi) is 6.84. The molecular formula is C18H22BrNO3. The molecule has 0 bridgehead atoms. The lowest BCUT2D eigenvalue weighted by molar-refractivity contribution is -0.144. The van der Waals surface area contributed by atoms with Crippen LogP contribution in [0.3, 0.4) is 0 Å². The first kappa shape index (κ1) is 17.7. The molecule has 1 aromatic carbocycles. The summed E-state index contributed by atoms with van der Waals surface area (Å²) in [4.78, 5) is 23.5. The van der Waals surface area contributed by atoms with E-state index >= 15 is 0 Å². The second kappa shape index (κ2) is 8.87. The SMILES string of the molecule is CC1CCCCC1NC(=O)COC(=O)/C=C/c1cccc(Br)c1. The Morgan fingerprint density at radius 1 is 1.35 bits per heavy atom. The third-order valence-corrected chi connectivity index (χ3v) is 4.56. The van der Waals surface area contributed by atoms with Gasteiger partial charge in [0.1, 0.15) is 0 Å². The predicted octanol–water partition coefficient (Wildman–Crippen LogP) is 3.70. The van der Waals surface area contributed by atoms with Gasteiger partial charge in [-0.25, -0.2) is 4.79 Å². The molecule has 1 aliphatic rings. The van der Waals surface area contributed by atoms with Crippen LogP contribution in [0.15, 0.2) is 34.8 Å². The lowest BCUT2D eigenvalue weighted by Gasteiger charge is -2.29. The smallest absolute Gasteiger partial charge is 0.331 e. The molecule has 0 heterocycles. The number of amides is 1. The maximum absolute atomic E-state index is 11.9. The molecule has 0 radical (unpaired) electrons. The van der Waals surface area contributed by atoms with Crippen molar-refractivity contribution in [3.63, 3.8) is 0 Å². The van der Waals surface area contributed by atoms with Crippen LogP contribution in [0.4, 0.5) is 0 Å². The highest BCUT2D eigenvalue weighted by molar-refractivity contribution is 9.10. The number of carbonyl (C=O) groups excluding carboxylic acids is 2. The molecule has 2 atom stereocenters. The van der Waals surface area contributed by atoms with E-state index in [1.807, 2.05) is 24.3 Å². The first-order chi connectivity index (χ1) is 11.0. The Bertz CT molecular complexity index is 585. The quantitative estimate of drug-likeness (QED) is 0.626. The fourth-order valence-corrected chi connectivity index (χ4v) is 3.16. The molecule has 23 heavy (non-hydrogen) atoms. The number of hydrogen-bond acceptors (Lipinski definition) is 3. The van der Waals surface area contributed by atoms with Crippen LogP contribution in [-0.4, -0.2) is 24.5 Å². The maximum atomic E-state index is 11.9. The van der Waals surface area contributed by atoms with Crippen LogP contribution < -0.4 is 5.32 Å². The fraction of sp³-hybridized carbons (Fsp3) is 0.444. The number of esters is 1. The van der Waals surface area contributed by atoms with E-state index in [2.05, 4.69) is 28.2 Å². The molecule has 1 fully saturated rings. The Morgan fingerprint density at radius 3 is 2.87 bits per heavy atom. The van der Waals surface area contributed by atoms with Gasteiger partial charge >= 0.3 is 5.97 Å². The van der Waals surface area contributed by atoms with Crippen LogP contribution in [0.1, 0.15) is 38.2 Å². The number of rotatable bonds is 5. The van der Waals surface area contributed by atoms with Gasteiger partial charge in [-0.3, -0.25) is 4.79 Å². The largest absolute Gasteiger partial charge is 0.452 e. The van der Waals surface area contributed by atoms with Crippen molar-refractivity contribution < 1.29 is 14.3 Å². The second-order valence-corrected chi connectivity index (χ2v) is 6.85. The summed E-state index contributed by atoms with van der Waals surface area (Å²) < 4.78 is 5.92. The molecule has 5 heteroatoms. The van der Waals surface area contributed by atoms with Crippen molar-refractivity contribution in [2.24, 2.45) is 5.92 Å². The highest BCUT2D eigenvalue weighted by atomic mass is 79.9. The van der Waals surface area contributed by atoms with Crippen molar-refractivity contribution in [3.8, 4) is 0 Å². The molecule has 2 rings (SSSR count). The third-order valence-electron chi connectivity index (χ3n) is 4.06. The van der Waals surface area contributed by atoms with E-state index in [-0.39, 0.29) is 18.6 Å². The summed E-state index contributed by atoms with van der Waals surface area (Å²) in [5.41, 5.74) is 0.886. The van der Waals surface area contributed by atoms with Gasteiger partial charge < -0.3 is 10.1 Å². The van der Waals surface area contributed by atoms with Gasteiger partial charge in [-0.2, -0.15) is 0 Å². The molecule has 0 aromatic heterocycles. The minimum absolute atomic E-state index is 0.201. The lowest BCUT2D eigenvalue weighted by atomic mass is 9.86. The molecule has 1 amide bonds. The van der Waals surface area contributed by atoms with Crippen LogP contribution in [0.2, 0.25) is 0 Å². The number of benzene rings is 1. The van der Waals surface area contributed by atoms with Gasteiger partial charge in [-0.05, 0) is 42.5 Å². The molecule has 2 unspecified atom stereocenters. The summed E-state index contributed by atoms with van der Waals surface area (Å²) in [6.07, 6.45) is 7.50. The topological polar surface area (TPSA) is 55.4 Å². The zero-order valence-corrected chi connectivity index (χ0v) is 14.8. The summed E-state index contributed by atoms with van der Waals surface area (Å²) in [6, 6.07) is 7.76. The molecule has 0 aliphatic heterocycles. The molecule has 4 nitrogen and oxygen atoms in total. The highest BCUT2D eigenvalue weighted by Crippen LogP contribution is 2.23. The zero-order valence-electron chi connectivity index (χ0n) is 13.3. The van der Waals surface area contributed by atoms with E-state index in [1.54, 1.807) is 6.08 Å². The zero-order chi connectivity index (χ0) is 16.7. The van der Waals surface area contributed by atoms with Crippen molar-refractivity contribution in [1.82, 2.24) is 5.32 Å². The Morgan fingerprint density at radius 2 is 2.13 bits per heavy atom. The minimum atomic E-state index is -0.517. The summed E-state index contributed by atoms with van der Waals surface area (Å²) >= 11 is 3.37. The van der Waals surface area contributed by atoms with Crippen LogP contribution in [0.5, 0.6) is 0 Å².